The van der Waals surface area contributed by atoms with Crippen LogP contribution in [0.1, 0.15) is 30.9 Å². The second-order valence-electron chi connectivity index (χ2n) is 7.58. The zero-order valence-electron chi connectivity index (χ0n) is 16.5. The smallest absolute Gasteiger partial charge is 0.247 e. The minimum Gasteiger partial charge on any atom is -0.341 e. The van der Waals surface area contributed by atoms with Crippen molar-refractivity contribution in [3.05, 3.63) is 71.8 Å². The molecule has 2 aromatic carbocycles. The maximum absolute atomic E-state index is 13.1. The van der Waals surface area contributed by atoms with Crippen molar-refractivity contribution in [1.82, 2.24) is 9.80 Å². The van der Waals surface area contributed by atoms with Gasteiger partial charge in [0.05, 0.1) is 0 Å². The molecule has 0 bridgehead atoms. The van der Waals surface area contributed by atoms with Crippen molar-refractivity contribution in [2.75, 3.05) is 26.2 Å². The minimum absolute atomic E-state index is 0.0858. The average Bonchev–Trinajstić information content (AvgIpc) is 2.99. The Balaban J connectivity index is 1.57. The van der Waals surface area contributed by atoms with Gasteiger partial charge < -0.3 is 15.5 Å². The molecule has 0 aromatic heterocycles. The first-order valence-electron chi connectivity index (χ1n) is 9.94. The molecule has 2 aromatic rings. The number of carbonyl (C=O) groups excluding carboxylic acids is 2. The number of rotatable bonds is 5. The van der Waals surface area contributed by atoms with Crippen LogP contribution < -0.4 is 5.73 Å². The second kappa shape index (κ2) is 9.02. The molecule has 5 nitrogen and oxygen atoms in total. The molecule has 3 rings (SSSR count). The van der Waals surface area contributed by atoms with E-state index in [4.69, 9.17) is 5.73 Å². The standard InChI is InChI=1S/C23H29N3O2/c1-23(24,20-11-6-3-7-12-20)22(28)26-16-8-15-25(17-18-26)21(27)14-13-19-9-4-2-5-10-19/h2-7,9-12H,8,13-18,24H2,1H3. The van der Waals surface area contributed by atoms with E-state index < -0.39 is 5.54 Å². The van der Waals surface area contributed by atoms with Gasteiger partial charge in [-0.2, -0.15) is 0 Å². The Bertz CT molecular complexity index is 790. The SMILES string of the molecule is CC(N)(C(=O)N1CCCN(C(=O)CCc2ccccc2)CC1)c1ccccc1. The van der Waals surface area contributed by atoms with Crippen molar-refractivity contribution in [2.24, 2.45) is 5.73 Å². The molecular formula is C23H29N3O2. The summed E-state index contributed by atoms with van der Waals surface area (Å²) in [6, 6.07) is 19.5. The minimum atomic E-state index is -1.06. The van der Waals surface area contributed by atoms with Gasteiger partial charge in [0.15, 0.2) is 0 Å². The Morgan fingerprint density at radius 2 is 1.46 bits per heavy atom. The Labute approximate surface area is 167 Å². The van der Waals surface area contributed by atoms with Gasteiger partial charge >= 0.3 is 0 Å². The van der Waals surface area contributed by atoms with Crippen molar-refractivity contribution < 1.29 is 9.59 Å². The number of amides is 2. The summed E-state index contributed by atoms with van der Waals surface area (Å²) in [4.78, 5) is 29.4. The molecule has 1 atom stereocenters. The largest absolute Gasteiger partial charge is 0.341 e. The lowest BCUT2D eigenvalue weighted by Gasteiger charge is -2.31. The second-order valence-corrected chi connectivity index (χ2v) is 7.58. The fraction of sp³-hybridized carbons (Fsp3) is 0.391. The molecule has 0 spiro atoms. The summed E-state index contributed by atoms with van der Waals surface area (Å²) in [6.07, 6.45) is 2.01. The van der Waals surface area contributed by atoms with Crippen LogP contribution in [0.4, 0.5) is 0 Å². The lowest BCUT2D eigenvalue weighted by atomic mass is 9.91. The van der Waals surface area contributed by atoms with Crippen molar-refractivity contribution in [1.29, 1.82) is 0 Å². The van der Waals surface area contributed by atoms with E-state index in [1.165, 1.54) is 5.56 Å². The number of aryl methyl sites for hydroxylation is 1. The monoisotopic (exact) mass is 379 g/mol. The predicted octanol–water partition coefficient (Wildman–Crippen LogP) is 2.55. The van der Waals surface area contributed by atoms with E-state index in [1.54, 1.807) is 11.8 Å². The highest BCUT2D eigenvalue weighted by atomic mass is 16.2. The molecule has 0 aliphatic carbocycles. The van der Waals surface area contributed by atoms with Crippen LogP contribution in [-0.2, 0) is 21.5 Å². The molecule has 1 saturated heterocycles. The summed E-state index contributed by atoms with van der Waals surface area (Å²) in [7, 11) is 0. The molecular weight excluding hydrogens is 350 g/mol. The van der Waals surface area contributed by atoms with Crippen LogP contribution in [0.3, 0.4) is 0 Å². The molecule has 2 N–H and O–H groups in total. The van der Waals surface area contributed by atoms with Crippen LogP contribution in [0.5, 0.6) is 0 Å². The van der Waals surface area contributed by atoms with Crippen LogP contribution >= 0.6 is 0 Å². The Hall–Kier alpha value is -2.66. The molecule has 1 heterocycles. The van der Waals surface area contributed by atoms with Crippen molar-refractivity contribution in [2.45, 2.75) is 31.7 Å². The Kier molecular flexibility index (Phi) is 6.47. The van der Waals surface area contributed by atoms with Crippen molar-refractivity contribution >= 4 is 11.8 Å². The van der Waals surface area contributed by atoms with E-state index in [2.05, 4.69) is 0 Å². The van der Waals surface area contributed by atoms with Gasteiger partial charge in [0, 0.05) is 32.6 Å². The van der Waals surface area contributed by atoms with Gasteiger partial charge in [0.1, 0.15) is 5.54 Å². The van der Waals surface area contributed by atoms with Crippen LogP contribution in [0.2, 0.25) is 0 Å². The molecule has 5 heteroatoms. The third-order valence-corrected chi connectivity index (χ3v) is 5.42. The Morgan fingerprint density at radius 1 is 0.893 bits per heavy atom. The summed E-state index contributed by atoms with van der Waals surface area (Å²) >= 11 is 0. The molecule has 1 aliphatic rings. The van der Waals surface area contributed by atoms with Gasteiger partial charge in [-0.1, -0.05) is 60.7 Å². The number of hydrogen-bond donors (Lipinski definition) is 1. The van der Waals surface area contributed by atoms with E-state index in [-0.39, 0.29) is 11.8 Å². The van der Waals surface area contributed by atoms with E-state index in [1.807, 2.05) is 65.6 Å². The highest BCUT2D eigenvalue weighted by molar-refractivity contribution is 5.87. The van der Waals surface area contributed by atoms with E-state index >= 15 is 0 Å². The van der Waals surface area contributed by atoms with E-state index in [9.17, 15) is 9.59 Å². The zero-order valence-corrected chi connectivity index (χ0v) is 16.5. The van der Waals surface area contributed by atoms with Crippen LogP contribution in [0, 0.1) is 0 Å². The Morgan fingerprint density at radius 3 is 2.14 bits per heavy atom. The molecule has 1 fully saturated rings. The van der Waals surface area contributed by atoms with E-state index in [0.29, 0.717) is 32.6 Å². The third-order valence-electron chi connectivity index (χ3n) is 5.42. The number of nitrogens with two attached hydrogens (primary N) is 1. The van der Waals surface area contributed by atoms with Gasteiger partial charge in [0.2, 0.25) is 11.8 Å². The lowest BCUT2D eigenvalue weighted by Crippen LogP contribution is -2.51. The summed E-state index contributed by atoms with van der Waals surface area (Å²) in [5.41, 5.74) is 7.31. The first kappa shape index (κ1) is 20.1. The molecule has 2 amide bonds. The number of hydrogen-bond acceptors (Lipinski definition) is 3. The molecule has 0 saturated carbocycles. The molecule has 1 unspecified atom stereocenters. The van der Waals surface area contributed by atoms with Gasteiger partial charge in [-0.25, -0.2) is 0 Å². The van der Waals surface area contributed by atoms with Gasteiger partial charge in [-0.05, 0) is 30.9 Å². The maximum Gasteiger partial charge on any atom is 0.247 e. The third kappa shape index (κ3) is 4.78. The first-order valence-corrected chi connectivity index (χ1v) is 9.94. The van der Waals surface area contributed by atoms with E-state index in [0.717, 1.165) is 18.4 Å². The van der Waals surface area contributed by atoms with Crippen molar-refractivity contribution in [3.63, 3.8) is 0 Å². The highest BCUT2D eigenvalue weighted by Gasteiger charge is 2.35. The number of nitrogens with zero attached hydrogens (tertiary/aromatic N) is 2. The fourth-order valence-electron chi connectivity index (χ4n) is 3.66. The average molecular weight is 380 g/mol. The topological polar surface area (TPSA) is 66.6 Å². The predicted molar refractivity (Wildman–Crippen MR) is 111 cm³/mol. The van der Waals surface area contributed by atoms with Crippen molar-refractivity contribution in [3.8, 4) is 0 Å². The maximum atomic E-state index is 13.1. The summed E-state index contributed by atoms with van der Waals surface area (Å²) in [5, 5.41) is 0. The van der Waals surface area contributed by atoms with Gasteiger partial charge in [0.25, 0.3) is 0 Å². The molecule has 0 radical (unpaired) electrons. The summed E-state index contributed by atoms with van der Waals surface area (Å²) in [6.45, 7) is 4.16. The quantitative estimate of drug-likeness (QED) is 0.868. The molecule has 28 heavy (non-hydrogen) atoms. The van der Waals surface area contributed by atoms with Gasteiger partial charge in [-0.3, -0.25) is 9.59 Å². The van der Waals surface area contributed by atoms with Gasteiger partial charge in [-0.15, -0.1) is 0 Å². The highest BCUT2D eigenvalue weighted by Crippen LogP contribution is 2.21. The fourth-order valence-corrected chi connectivity index (χ4v) is 3.66. The lowest BCUT2D eigenvalue weighted by molar-refractivity contribution is -0.137. The number of carbonyl (C=O) groups is 2. The molecule has 1 aliphatic heterocycles. The van der Waals surface area contributed by atoms with Crippen LogP contribution in [0.15, 0.2) is 60.7 Å². The normalized spacial score (nSPS) is 16.9. The van der Waals surface area contributed by atoms with Crippen LogP contribution in [0.25, 0.3) is 0 Å². The van der Waals surface area contributed by atoms with Crippen LogP contribution in [-0.4, -0.2) is 47.8 Å². The number of benzene rings is 2. The summed E-state index contributed by atoms with van der Waals surface area (Å²) < 4.78 is 0. The first-order chi connectivity index (χ1) is 13.5. The zero-order chi connectivity index (χ0) is 20.0. The summed E-state index contributed by atoms with van der Waals surface area (Å²) in [5.74, 6) is 0.0639. The molecule has 148 valence electrons.